The number of aromatic nitrogens is 4. The second-order valence-electron chi connectivity index (χ2n) is 32.5. The van der Waals surface area contributed by atoms with Crippen LogP contribution in [0.1, 0.15) is 25.0 Å². The third-order valence-electron chi connectivity index (χ3n) is 25.3. The molecule has 0 amide bonds. The molecule has 1 aliphatic rings. The SMILES string of the molecule is [C-]#[N+]c1ccc2c(c1)c1cc(-c3ccc4c(c3)C(C)(C)c3ccccc3-4)ccc1n2C.[C-]#[N+]c1ccc2c(c1)c1cc(-c3ccc4sc5ccccc5c4c3)ccc1n2C.[C-]#[N+]c1ccc2c(c1)c1cc(-c3cccc(-c4ccc(-c5ccccc5)cc4)c3)ccc1n2C.[C-]#[N+]c1ccc2c(c1)c1cc(-c3cccc4c3sc3ccccc34)ccc1n2C. The molecule has 0 aliphatic heterocycles. The first kappa shape index (κ1) is 74.9. The van der Waals surface area contributed by atoms with Gasteiger partial charge in [-0.05, 0) is 244 Å². The fourth-order valence-corrected chi connectivity index (χ4v) is 21.3. The van der Waals surface area contributed by atoms with Gasteiger partial charge in [-0.3, -0.25) is 0 Å². The third kappa shape index (κ3) is 12.7. The molecule has 6 heterocycles. The van der Waals surface area contributed by atoms with Crippen molar-refractivity contribution in [1.29, 1.82) is 0 Å². The molecular weight excluding hydrogens is 1530 g/mol. The Kier molecular flexibility index (Phi) is 18.3. The Hall–Kier alpha value is -15.7. The lowest BCUT2D eigenvalue weighted by molar-refractivity contribution is 0.660. The molecule has 0 bridgehead atoms. The van der Waals surface area contributed by atoms with E-state index in [1.807, 2.05) is 89.4 Å². The van der Waals surface area contributed by atoms with Crippen LogP contribution in [0.25, 0.3) is 225 Å². The van der Waals surface area contributed by atoms with Crippen LogP contribution < -0.4 is 0 Å². The van der Waals surface area contributed by atoms with Gasteiger partial charge in [0.2, 0.25) is 0 Å². The Morgan fingerprint density at radius 2 is 0.512 bits per heavy atom. The van der Waals surface area contributed by atoms with E-state index in [2.05, 4.69) is 365 Å². The molecule has 0 spiro atoms. The topological polar surface area (TPSA) is 37.2 Å². The van der Waals surface area contributed by atoms with E-state index >= 15 is 0 Å². The Labute approximate surface area is 720 Å². The van der Waals surface area contributed by atoms with E-state index in [0.717, 1.165) is 43.6 Å². The minimum Gasteiger partial charge on any atom is -0.344 e. The van der Waals surface area contributed by atoms with Crippen molar-refractivity contribution in [1.82, 2.24) is 18.3 Å². The number of aryl methyl sites for hydroxylation is 4. The van der Waals surface area contributed by atoms with E-state index in [-0.39, 0.29) is 5.41 Å². The maximum absolute atomic E-state index is 7.40. The highest BCUT2D eigenvalue weighted by Crippen LogP contribution is 2.51. The molecule has 0 unspecified atom stereocenters. The summed E-state index contributed by atoms with van der Waals surface area (Å²) in [5.41, 5.74) is 32.1. The second-order valence-corrected chi connectivity index (χ2v) is 34.6. The summed E-state index contributed by atoms with van der Waals surface area (Å²) in [4.78, 5) is 14.5. The van der Waals surface area contributed by atoms with Gasteiger partial charge >= 0.3 is 0 Å². The van der Waals surface area contributed by atoms with Crippen LogP contribution in [0.3, 0.4) is 0 Å². The van der Waals surface area contributed by atoms with Crippen molar-refractivity contribution < 1.29 is 0 Å². The van der Waals surface area contributed by atoms with Crippen LogP contribution in [0.4, 0.5) is 22.7 Å². The molecule has 1 aliphatic carbocycles. The smallest absolute Gasteiger partial charge is 0.188 e. The quantitative estimate of drug-likeness (QED) is 0.149. The first-order valence-electron chi connectivity index (χ1n) is 41.1. The molecule has 580 valence electrons. The Morgan fingerprint density at radius 1 is 0.211 bits per heavy atom. The Bertz CT molecular complexity index is 8510. The van der Waals surface area contributed by atoms with E-state index in [4.69, 9.17) is 26.3 Å². The van der Waals surface area contributed by atoms with Crippen molar-refractivity contribution in [2.24, 2.45) is 28.2 Å². The summed E-state index contributed by atoms with van der Waals surface area (Å²) in [6, 6.07) is 125. The molecule has 0 N–H and O–H groups in total. The molecule has 0 fully saturated rings. The molecular formula is C113H76N8S2. The summed E-state index contributed by atoms with van der Waals surface area (Å²) in [6.07, 6.45) is 0. The van der Waals surface area contributed by atoms with Crippen LogP contribution in [0.2, 0.25) is 0 Å². The molecule has 10 heteroatoms. The minimum absolute atomic E-state index is 0.00395. The lowest BCUT2D eigenvalue weighted by atomic mass is 9.81. The molecule has 6 aromatic heterocycles. The van der Waals surface area contributed by atoms with Crippen molar-refractivity contribution in [3.63, 3.8) is 0 Å². The van der Waals surface area contributed by atoms with E-state index in [9.17, 15) is 0 Å². The van der Waals surface area contributed by atoms with Gasteiger partial charge in [0.1, 0.15) is 0 Å². The molecule has 23 aromatic rings. The van der Waals surface area contributed by atoms with Gasteiger partial charge in [-0.15, -0.1) is 22.7 Å². The number of nitrogens with zero attached hydrogens (tertiary/aromatic N) is 8. The fraction of sp³-hybridized carbons (Fsp3) is 0.0619. The maximum Gasteiger partial charge on any atom is 0.188 e. The zero-order valence-electron chi connectivity index (χ0n) is 68.4. The number of hydrogen-bond acceptors (Lipinski definition) is 2. The summed E-state index contributed by atoms with van der Waals surface area (Å²) >= 11 is 3.70. The average molecular weight is 1610 g/mol. The zero-order chi connectivity index (χ0) is 83.5. The summed E-state index contributed by atoms with van der Waals surface area (Å²) < 4.78 is 14.1. The van der Waals surface area contributed by atoms with Crippen LogP contribution >= 0.6 is 22.7 Å². The number of thiophene rings is 2. The molecule has 0 saturated heterocycles. The van der Waals surface area contributed by atoms with E-state index in [1.165, 1.54) is 173 Å². The lowest BCUT2D eigenvalue weighted by Gasteiger charge is -2.22. The van der Waals surface area contributed by atoms with Gasteiger partial charge in [0.05, 0.1) is 26.3 Å². The van der Waals surface area contributed by atoms with Crippen LogP contribution in [-0.2, 0) is 33.6 Å². The van der Waals surface area contributed by atoms with Crippen LogP contribution in [0.15, 0.2) is 352 Å². The standard InChI is InChI=1S/C32H22N2.C29H22N2.2C26H16N2S/c1-33-28-16-18-32-30(21-28)29-20-27(15-17-31(29)34(32)2)26-10-6-9-25(19-26)24-13-11-23(12-14-24)22-7-4-3-5-8-22;1-29(2)25-8-6-5-7-21(25)22-12-9-19(16-26(22)29)18-10-13-27-23(15-18)24-17-20(30-3)11-14-28(24)31(27)4;1-27-17-11-13-24-22(15-17)21-14-16(10-12-23(21)28(24)2)18-7-5-8-20-19-6-3-4-9-25(19)29-26(18)20;1-27-18-9-11-24-21(15-18)20-13-16(7-10-23(20)28(24)2)17-8-12-26-22(14-17)19-5-3-4-6-25(19)29-26/h3-21H,2H3;5-17H,1-2,4H3;2*3-15H,2H3. The second kappa shape index (κ2) is 30.0. The number of rotatable bonds is 6. The normalized spacial score (nSPS) is 12.0. The molecule has 0 saturated carbocycles. The van der Waals surface area contributed by atoms with E-state index in [1.54, 1.807) is 0 Å². The third-order valence-corrected chi connectivity index (χ3v) is 27.7. The number of hydrogen-bond donors (Lipinski definition) is 0. The molecule has 0 atom stereocenters. The summed E-state index contributed by atoms with van der Waals surface area (Å²) in [7, 11) is 8.36. The summed E-state index contributed by atoms with van der Waals surface area (Å²) in [5, 5.41) is 14.6. The predicted molar refractivity (Wildman–Crippen MR) is 523 cm³/mol. The van der Waals surface area contributed by atoms with Gasteiger partial charge in [0, 0.05) is 140 Å². The van der Waals surface area contributed by atoms with Crippen molar-refractivity contribution in [2.45, 2.75) is 19.3 Å². The van der Waals surface area contributed by atoms with Gasteiger partial charge in [0.25, 0.3) is 0 Å². The Morgan fingerprint density at radius 3 is 1.01 bits per heavy atom. The van der Waals surface area contributed by atoms with Crippen molar-refractivity contribution in [3.8, 4) is 77.9 Å². The maximum atomic E-state index is 7.40. The van der Waals surface area contributed by atoms with Crippen molar-refractivity contribution >= 4 is 173 Å². The molecule has 0 radical (unpaired) electrons. The van der Waals surface area contributed by atoms with Gasteiger partial charge in [-0.25, -0.2) is 19.4 Å². The summed E-state index contributed by atoms with van der Waals surface area (Å²) in [6.45, 7) is 34.2. The van der Waals surface area contributed by atoms with E-state index < -0.39 is 0 Å². The van der Waals surface area contributed by atoms with Crippen LogP contribution in [-0.4, -0.2) is 18.3 Å². The first-order chi connectivity index (χ1) is 60.2. The fourth-order valence-electron chi connectivity index (χ4n) is 18.9. The monoisotopic (exact) mass is 1610 g/mol. The van der Waals surface area contributed by atoms with Crippen LogP contribution in [0, 0.1) is 26.3 Å². The lowest BCUT2D eigenvalue weighted by Crippen LogP contribution is -2.14. The highest BCUT2D eigenvalue weighted by molar-refractivity contribution is 7.26. The van der Waals surface area contributed by atoms with Crippen molar-refractivity contribution in [3.05, 3.63) is 409 Å². The molecule has 24 rings (SSSR count). The van der Waals surface area contributed by atoms with E-state index in [0.29, 0.717) is 22.7 Å². The predicted octanol–water partition coefficient (Wildman–Crippen LogP) is 32.6. The molecule has 8 nitrogen and oxygen atoms in total. The highest BCUT2D eigenvalue weighted by atomic mass is 32.1. The average Bonchev–Trinajstić information content (AvgIpc) is 1.58. The van der Waals surface area contributed by atoms with Crippen LogP contribution in [0.5, 0.6) is 0 Å². The minimum atomic E-state index is -0.00395. The molecule has 123 heavy (non-hydrogen) atoms. The van der Waals surface area contributed by atoms with Gasteiger partial charge < -0.3 is 18.3 Å². The largest absolute Gasteiger partial charge is 0.344 e. The van der Waals surface area contributed by atoms with Crippen molar-refractivity contribution in [2.75, 3.05) is 0 Å². The Balaban J connectivity index is 0.000000101. The zero-order valence-corrected chi connectivity index (χ0v) is 70.0. The summed E-state index contributed by atoms with van der Waals surface area (Å²) in [5.74, 6) is 0. The molecule has 17 aromatic carbocycles. The van der Waals surface area contributed by atoms with Gasteiger partial charge in [-0.2, -0.15) is 0 Å². The highest BCUT2D eigenvalue weighted by Gasteiger charge is 2.35. The first-order valence-corrected chi connectivity index (χ1v) is 42.7. The van der Waals surface area contributed by atoms with Gasteiger partial charge in [0.15, 0.2) is 22.7 Å². The van der Waals surface area contributed by atoms with Gasteiger partial charge in [-0.1, -0.05) is 232 Å². The number of benzene rings is 17. The number of fused-ring (bicyclic) bond motifs is 21.